The number of amides is 1. The maximum absolute atomic E-state index is 11.9. The Hall–Kier alpha value is -0.610. The lowest BCUT2D eigenvalue weighted by atomic mass is 9.99. The van der Waals surface area contributed by atoms with Gasteiger partial charge >= 0.3 is 0 Å². The van der Waals surface area contributed by atoms with Crippen LogP contribution in [-0.4, -0.2) is 61.5 Å². The normalized spacial score (nSPS) is 19.9. The van der Waals surface area contributed by atoms with Crippen LogP contribution in [0.4, 0.5) is 0 Å². The van der Waals surface area contributed by atoms with Crippen molar-refractivity contribution in [2.45, 2.75) is 52.6 Å². The molecule has 1 atom stereocenters. The van der Waals surface area contributed by atoms with E-state index >= 15 is 0 Å². The molecule has 118 valence electrons. The van der Waals surface area contributed by atoms with Crippen molar-refractivity contribution in [2.75, 3.05) is 33.7 Å². The molecule has 1 aliphatic heterocycles. The lowest BCUT2D eigenvalue weighted by Gasteiger charge is -2.37. The second-order valence-corrected chi connectivity index (χ2v) is 7.01. The smallest absolute Gasteiger partial charge is 0.222 e. The average Bonchev–Trinajstić information content (AvgIpc) is 2.38. The fraction of sp³-hybridized carbons (Fsp3) is 0.938. The van der Waals surface area contributed by atoms with Crippen LogP contribution in [0, 0.1) is 11.8 Å². The Morgan fingerprint density at radius 2 is 1.75 bits per heavy atom. The molecule has 4 heteroatoms. The van der Waals surface area contributed by atoms with Gasteiger partial charge in [-0.1, -0.05) is 27.7 Å². The summed E-state index contributed by atoms with van der Waals surface area (Å²) in [5.74, 6) is 0.715. The van der Waals surface area contributed by atoms with Gasteiger partial charge in [0, 0.05) is 24.5 Å². The number of rotatable bonds is 6. The van der Waals surface area contributed by atoms with Gasteiger partial charge in [0.25, 0.3) is 0 Å². The van der Waals surface area contributed by atoms with Crippen LogP contribution in [0.3, 0.4) is 0 Å². The van der Waals surface area contributed by atoms with E-state index < -0.39 is 0 Å². The number of carbonyl (C=O) groups is 1. The molecule has 0 bridgehead atoms. The van der Waals surface area contributed by atoms with E-state index in [0.29, 0.717) is 12.0 Å². The van der Waals surface area contributed by atoms with Crippen molar-refractivity contribution in [1.82, 2.24) is 15.1 Å². The molecule has 0 aliphatic carbocycles. The number of hydrogen-bond donors (Lipinski definition) is 1. The molecular formula is C16H33N3O. The summed E-state index contributed by atoms with van der Waals surface area (Å²) in [7, 11) is 4.33. The van der Waals surface area contributed by atoms with E-state index in [1.165, 1.54) is 12.8 Å². The first-order valence-electron chi connectivity index (χ1n) is 8.00. The number of nitrogens with one attached hydrogen (secondary N) is 1. The molecule has 4 nitrogen and oxygen atoms in total. The maximum atomic E-state index is 11.9. The molecule has 1 saturated heterocycles. The zero-order valence-corrected chi connectivity index (χ0v) is 14.1. The van der Waals surface area contributed by atoms with Gasteiger partial charge in [-0.3, -0.25) is 4.79 Å². The topological polar surface area (TPSA) is 35.6 Å². The molecule has 1 fully saturated rings. The molecule has 1 aliphatic rings. The van der Waals surface area contributed by atoms with Crippen LogP contribution in [0.2, 0.25) is 0 Å². The van der Waals surface area contributed by atoms with E-state index in [1.807, 2.05) is 13.8 Å². The first-order chi connectivity index (χ1) is 9.31. The standard InChI is InChI=1S/C16H33N3O/c1-12(2)15(17-16(20)13(3)4)11-19-9-7-14(8-10-19)18(5)6/h12-15H,7-11H2,1-6H3,(H,17,20)/t15-/m0/s1. The van der Waals surface area contributed by atoms with Gasteiger partial charge in [0.2, 0.25) is 5.91 Å². The zero-order valence-electron chi connectivity index (χ0n) is 14.1. The van der Waals surface area contributed by atoms with Crippen LogP contribution in [-0.2, 0) is 4.79 Å². The van der Waals surface area contributed by atoms with Crippen LogP contribution < -0.4 is 5.32 Å². The molecule has 0 radical (unpaired) electrons. The van der Waals surface area contributed by atoms with E-state index in [0.717, 1.165) is 19.6 Å². The minimum Gasteiger partial charge on any atom is -0.352 e. The molecule has 0 aromatic carbocycles. The number of likely N-dealkylation sites (tertiary alicyclic amines) is 1. The predicted molar refractivity (Wildman–Crippen MR) is 84.8 cm³/mol. The minimum atomic E-state index is 0.0655. The molecule has 1 amide bonds. The van der Waals surface area contributed by atoms with Crippen LogP contribution in [0.25, 0.3) is 0 Å². The summed E-state index contributed by atoms with van der Waals surface area (Å²) in [6.45, 7) is 11.6. The van der Waals surface area contributed by atoms with Gasteiger partial charge in [0.05, 0.1) is 0 Å². The van der Waals surface area contributed by atoms with E-state index in [1.54, 1.807) is 0 Å². The SMILES string of the molecule is CC(C)C(=O)N[C@@H](CN1CCC(N(C)C)CC1)C(C)C. The van der Waals surface area contributed by atoms with Crippen LogP contribution in [0.5, 0.6) is 0 Å². The second-order valence-electron chi connectivity index (χ2n) is 7.01. The zero-order chi connectivity index (χ0) is 15.3. The Balaban J connectivity index is 2.45. The summed E-state index contributed by atoms with van der Waals surface area (Å²) in [4.78, 5) is 16.7. The number of nitrogens with zero attached hydrogens (tertiary/aromatic N) is 2. The molecule has 1 heterocycles. The summed E-state index contributed by atoms with van der Waals surface area (Å²) >= 11 is 0. The van der Waals surface area contributed by atoms with Crippen LogP contribution in [0.1, 0.15) is 40.5 Å². The van der Waals surface area contributed by atoms with Gasteiger partial charge in [0.15, 0.2) is 0 Å². The molecule has 1 rings (SSSR count). The number of hydrogen-bond acceptors (Lipinski definition) is 3. The fourth-order valence-electron chi connectivity index (χ4n) is 2.67. The molecule has 0 spiro atoms. The maximum Gasteiger partial charge on any atom is 0.222 e. The van der Waals surface area contributed by atoms with E-state index in [2.05, 4.69) is 43.1 Å². The van der Waals surface area contributed by atoms with E-state index in [9.17, 15) is 4.79 Å². The third kappa shape index (κ3) is 5.41. The second kappa shape index (κ2) is 7.99. The average molecular weight is 283 g/mol. The van der Waals surface area contributed by atoms with E-state index in [4.69, 9.17) is 0 Å². The Morgan fingerprint density at radius 3 is 2.15 bits per heavy atom. The van der Waals surface area contributed by atoms with Crippen molar-refractivity contribution in [1.29, 1.82) is 0 Å². The Labute approximate surface area is 124 Å². The number of piperidine rings is 1. The lowest BCUT2D eigenvalue weighted by Crippen LogP contribution is -2.51. The molecule has 0 unspecified atom stereocenters. The molecule has 1 N–H and O–H groups in total. The van der Waals surface area contributed by atoms with E-state index in [-0.39, 0.29) is 17.9 Å². The summed E-state index contributed by atoms with van der Waals surface area (Å²) in [5.41, 5.74) is 0. The summed E-state index contributed by atoms with van der Waals surface area (Å²) in [5, 5.41) is 3.21. The van der Waals surface area contributed by atoms with Crippen molar-refractivity contribution in [3.63, 3.8) is 0 Å². The third-order valence-electron chi connectivity index (χ3n) is 4.40. The van der Waals surface area contributed by atoms with Crippen molar-refractivity contribution >= 4 is 5.91 Å². The largest absolute Gasteiger partial charge is 0.352 e. The minimum absolute atomic E-state index is 0.0655. The molecule has 0 aromatic rings. The monoisotopic (exact) mass is 283 g/mol. The molecule has 20 heavy (non-hydrogen) atoms. The first-order valence-corrected chi connectivity index (χ1v) is 8.00. The summed E-state index contributed by atoms with van der Waals surface area (Å²) in [6.07, 6.45) is 2.46. The Morgan fingerprint density at radius 1 is 1.20 bits per heavy atom. The highest BCUT2D eigenvalue weighted by Gasteiger charge is 2.25. The van der Waals surface area contributed by atoms with Crippen molar-refractivity contribution in [3.05, 3.63) is 0 Å². The van der Waals surface area contributed by atoms with Crippen molar-refractivity contribution in [2.24, 2.45) is 11.8 Å². The molecule has 0 aromatic heterocycles. The quantitative estimate of drug-likeness (QED) is 0.807. The molecular weight excluding hydrogens is 250 g/mol. The van der Waals surface area contributed by atoms with Crippen molar-refractivity contribution in [3.8, 4) is 0 Å². The summed E-state index contributed by atoms with van der Waals surface area (Å²) < 4.78 is 0. The van der Waals surface area contributed by atoms with Crippen LogP contribution in [0.15, 0.2) is 0 Å². The fourth-order valence-corrected chi connectivity index (χ4v) is 2.67. The van der Waals surface area contributed by atoms with Gasteiger partial charge in [-0.25, -0.2) is 0 Å². The van der Waals surface area contributed by atoms with Gasteiger partial charge in [-0.2, -0.15) is 0 Å². The van der Waals surface area contributed by atoms with Gasteiger partial charge in [-0.15, -0.1) is 0 Å². The molecule has 0 saturated carbocycles. The highest BCUT2D eigenvalue weighted by Crippen LogP contribution is 2.16. The first kappa shape index (κ1) is 17.4. The predicted octanol–water partition coefficient (Wildman–Crippen LogP) is 1.81. The Kier molecular flexibility index (Phi) is 6.96. The third-order valence-corrected chi connectivity index (χ3v) is 4.40. The highest BCUT2D eigenvalue weighted by molar-refractivity contribution is 5.78. The Bertz CT molecular complexity index is 294. The number of carbonyl (C=O) groups excluding carboxylic acids is 1. The van der Waals surface area contributed by atoms with Gasteiger partial charge in [-0.05, 0) is 45.9 Å². The van der Waals surface area contributed by atoms with Crippen LogP contribution >= 0.6 is 0 Å². The lowest BCUT2D eigenvalue weighted by molar-refractivity contribution is -0.125. The highest BCUT2D eigenvalue weighted by atomic mass is 16.1. The van der Waals surface area contributed by atoms with Gasteiger partial charge in [0.1, 0.15) is 0 Å². The van der Waals surface area contributed by atoms with Gasteiger partial charge < -0.3 is 15.1 Å². The summed E-state index contributed by atoms with van der Waals surface area (Å²) in [6, 6.07) is 0.981. The van der Waals surface area contributed by atoms with Crippen molar-refractivity contribution < 1.29 is 4.79 Å².